The van der Waals surface area contributed by atoms with Gasteiger partial charge in [0.05, 0.1) is 0 Å². The molecule has 6 heteroatoms. The Morgan fingerprint density at radius 2 is 1.81 bits per heavy atom. The molecule has 0 fully saturated rings. The molecule has 0 heterocycles. The first-order valence-electron chi connectivity index (χ1n) is 8.42. The van der Waals surface area contributed by atoms with E-state index in [0.717, 1.165) is 18.4 Å². The number of rotatable bonds is 8. The fraction of sp³-hybridized carbons (Fsp3) is 0.400. The number of likely N-dealkylation sites (N-methyl/N-ethyl adjacent to an activating group) is 1. The lowest BCUT2D eigenvalue weighted by Gasteiger charge is -2.24. The molecule has 1 rings (SSSR count). The summed E-state index contributed by atoms with van der Waals surface area (Å²) < 4.78 is 0. The van der Waals surface area contributed by atoms with Gasteiger partial charge in [0, 0.05) is 19.5 Å². The Hall–Kier alpha value is -2.76. The third kappa shape index (κ3) is 6.63. The average Bonchev–Trinajstić information content (AvgIpc) is 2.54. The third-order valence-electron chi connectivity index (χ3n) is 4.03. The number of carboxylic acid groups (broad SMARTS) is 1. The van der Waals surface area contributed by atoms with E-state index in [2.05, 4.69) is 6.08 Å². The Labute approximate surface area is 154 Å². The Kier molecular flexibility index (Phi) is 7.90. The Bertz CT molecular complexity index is 717. The zero-order valence-corrected chi connectivity index (χ0v) is 15.7. The number of hydrogen-bond acceptors (Lipinski definition) is 4. The fourth-order valence-electron chi connectivity index (χ4n) is 2.44. The van der Waals surface area contributed by atoms with Gasteiger partial charge in [-0.2, -0.15) is 0 Å². The van der Waals surface area contributed by atoms with Gasteiger partial charge in [0.15, 0.2) is 11.5 Å². The van der Waals surface area contributed by atoms with Crippen LogP contribution in [-0.2, 0) is 16.0 Å². The van der Waals surface area contributed by atoms with Crippen LogP contribution < -0.4 is 0 Å². The quantitative estimate of drug-likeness (QED) is 0.375. The molecule has 3 N–H and O–H groups in total. The molecule has 0 aromatic heterocycles. The number of amides is 1. The highest BCUT2D eigenvalue weighted by Gasteiger charge is 2.26. The molecule has 26 heavy (non-hydrogen) atoms. The molecule has 0 spiro atoms. The van der Waals surface area contributed by atoms with Gasteiger partial charge in [0.2, 0.25) is 5.91 Å². The van der Waals surface area contributed by atoms with Crippen LogP contribution in [0, 0.1) is 0 Å². The van der Waals surface area contributed by atoms with Gasteiger partial charge in [0.1, 0.15) is 6.04 Å². The summed E-state index contributed by atoms with van der Waals surface area (Å²) in [6.45, 7) is 5.87. The molecular formula is C20H27NO5. The van der Waals surface area contributed by atoms with E-state index < -0.39 is 12.0 Å². The monoisotopic (exact) mass is 361 g/mol. The van der Waals surface area contributed by atoms with Gasteiger partial charge in [-0.15, -0.1) is 0 Å². The number of aliphatic carboxylic acids is 1. The van der Waals surface area contributed by atoms with E-state index in [1.807, 2.05) is 20.8 Å². The highest BCUT2D eigenvalue weighted by atomic mass is 16.4. The van der Waals surface area contributed by atoms with Crippen molar-refractivity contribution < 1.29 is 24.9 Å². The summed E-state index contributed by atoms with van der Waals surface area (Å²) in [6, 6.07) is 3.03. The van der Waals surface area contributed by atoms with Gasteiger partial charge in [-0.3, -0.25) is 4.79 Å². The standard InChI is InChI=1S/C20H27NO5/c1-13(2)6-5-7-14(3)10-19(24)21(4)16(20(25)26)11-15-8-9-17(22)18(23)12-15/h6,8-10,12,16,22-23H,5,7,11H2,1-4H3,(H,25,26)/b14-10+. The van der Waals surface area contributed by atoms with Crippen LogP contribution in [0.5, 0.6) is 11.5 Å². The van der Waals surface area contributed by atoms with Crippen LogP contribution in [0.4, 0.5) is 0 Å². The van der Waals surface area contributed by atoms with Crippen molar-refractivity contribution >= 4 is 11.9 Å². The highest BCUT2D eigenvalue weighted by Crippen LogP contribution is 2.26. The molecule has 0 aliphatic heterocycles. The van der Waals surface area contributed by atoms with Crippen LogP contribution >= 0.6 is 0 Å². The molecular weight excluding hydrogens is 334 g/mol. The Balaban J connectivity index is 2.85. The van der Waals surface area contributed by atoms with E-state index in [9.17, 15) is 24.9 Å². The number of phenolic OH excluding ortho intramolecular Hbond substituents is 2. The first-order chi connectivity index (χ1) is 12.1. The summed E-state index contributed by atoms with van der Waals surface area (Å²) in [5.41, 5.74) is 2.60. The molecule has 0 bridgehead atoms. The van der Waals surface area contributed by atoms with E-state index in [4.69, 9.17) is 0 Å². The normalized spacial score (nSPS) is 12.4. The predicted molar refractivity (Wildman–Crippen MR) is 100 cm³/mol. The van der Waals surface area contributed by atoms with Gasteiger partial charge in [-0.25, -0.2) is 4.79 Å². The first-order valence-corrected chi connectivity index (χ1v) is 8.42. The number of carbonyl (C=O) groups is 2. The molecule has 1 unspecified atom stereocenters. The van der Waals surface area contributed by atoms with Crippen molar-refractivity contribution in [3.05, 3.63) is 47.1 Å². The molecule has 0 aliphatic rings. The Morgan fingerprint density at radius 1 is 1.15 bits per heavy atom. The van der Waals surface area contributed by atoms with Crippen molar-refractivity contribution in [3.63, 3.8) is 0 Å². The molecule has 1 atom stereocenters. The number of nitrogens with zero attached hydrogens (tertiary/aromatic N) is 1. The minimum Gasteiger partial charge on any atom is -0.504 e. The minimum absolute atomic E-state index is 0.0239. The maximum atomic E-state index is 12.4. The smallest absolute Gasteiger partial charge is 0.326 e. The van der Waals surface area contributed by atoms with Crippen LogP contribution in [-0.4, -0.2) is 45.2 Å². The largest absolute Gasteiger partial charge is 0.504 e. The van der Waals surface area contributed by atoms with E-state index in [1.54, 1.807) is 0 Å². The lowest BCUT2D eigenvalue weighted by Crippen LogP contribution is -2.43. The average molecular weight is 361 g/mol. The number of allylic oxidation sites excluding steroid dienone is 3. The second-order valence-electron chi connectivity index (χ2n) is 6.64. The zero-order chi connectivity index (χ0) is 19.9. The van der Waals surface area contributed by atoms with Crippen LogP contribution in [0.2, 0.25) is 0 Å². The fourth-order valence-corrected chi connectivity index (χ4v) is 2.44. The van der Waals surface area contributed by atoms with Crippen LogP contribution in [0.15, 0.2) is 41.5 Å². The summed E-state index contributed by atoms with van der Waals surface area (Å²) >= 11 is 0. The van der Waals surface area contributed by atoms with Crippen molar-refractivity contribution in [2.45, 2.75) is 46.1 Å². The number of phenols is 2. The third-order valence-corrected chi connectivity index (χ3v) is 4.03. The van der Waals surface area contributed by atoms with Gasteiger partial charge in [-0.1, -0.05) is 23.3 Å². The SMILES string of the molecule is CC(C)=CCC/C(C)=C/C(=O)N(C)C(Cc1ccc(O)c(O)c1)C(=O)O. The Morgan fingerprint density at radius 3 is 2.35 bits per heavy atom. The molecule has 6 nitrogen and oxygen atoms in total. The first kappa shape index (κ1) is 21.3. The topological polar surface area (TPSA) is 98.1 Å². The van der Waals surface area contributed by atoms with Crippen molar-refractivity contribution in [2.24, 2.45) is 0 Å². The number of hydrogen-bond donors (Lipinski definition) is 3. The van der Waals surface area contributed by atoms with E-state index in [1.165, 1.54) is 41.8 Å². The molecule has 142 valence electrons. The minimum atomic E-state index is -1.14. The lowest BCUT2D eigenvalue weighted by molar-refractivity contribution is -0.147. The summed E-state index contributed by atoms with van der Waals surface area (Å²) in [6.07, 6.45) is 5.13. The molecule has 1 aromatic carbocycles. The van der Waals surface area contributed by atoms with E-state index >= 15 is 0 Å². The van der Waals surface area contributed by atoms with Crippen LogP contribution in [0.3, 0.4) is 0 Å². The predicted octanol–water partition coefficient (Wildman–Crippen LogP) is 3.24. The lowest BCUT2D eigenvalue weighted by atomic mass is 10.0. The summed E-state index contributed by atoms with van der Waals surface area (Å²) in [4.78, 5) is 25.2. The number of aromatic hydroxyl groups is 2. The number of benzene rings is 1. The van der Waals surface area contributed by atoms with Gasteiger partial charge < -0.3 is 20.2 Å². The van der Waals surface area contributed by atoms with E-state index in [-0.39, 0.29) is 23.8 Å². The van der Waals surface area contributed by atoms with Crippen molar-refractivity contribution in [2.75, 3.05) is 7.05 Å². The highest BCUT2D eigenvalue weighted by molar-refractivity contribution is 5.91. The maximum Gasteiger partial charge on any atom is 0.326 e. The second-order valence-corrected chi connectivity index (χ2v) is 6.64. The molecule has 1 aromatic rings. The summed E-state index contributed by atoms with van der Waals surface area (Å²) in [5, 5.41) is 28.4. The molecule has 0 radical (unpaired) electrons. The number of carbonyl (C=O) groups excluding carboxylic acids is 1. The van der Waals surface area contributed by atoms with E-state index in [0.29, 0.717) is 5.56 Å². The van der Waals surface area contributed by atoms with Crippen molar-refractivity contribution in [3.8, 4) is 11.5 Å². The van der Waals surface area contributed by atoms with Crippen LogP contribution in [0.1, 0.15) is 39.2 Å². The second kappa shape index (κ2) is 9.65. The van der Waals surface area contributed by atoms with Gasteiger partial charge in [0.25, 0.3) is 0 Å². The number of carboxylic acids is 1. The van der Waals surface area contributed by atoms with Crippen LogP contribution in [0.25, 0.3) is 0 Å². The van der Waals surface area contributed by atoms with Gasteiger partial charge in [-0.05, 0) is 51.3 Å². The van der Waals surface area contributed by atoms with Gasteiger partial charge >= 0.3 is 5.97 Å². The summed E-state index contributed by atoms with van der Waals surface area (Å²) in [5.74, 6) is -2.12. The van der Waals surface area contributed by atoms with Crippen molar-refractivity contribution in [1.29, 1.82) is 0 Å². The molecule has 0 aliphatic carbocycles. The maximum absolute atomic E-state index is 12.4. The summed E-state index contributed by atoms with van der Waals surface area (Å²) in [7, 11) is 1.45. The van der Waals surface area contributed by atoms with Crippen molar-refractivity contribution in [1.82, 2.24) is 4.90 Å². The molecule has 0 saturated carbocycles. The molecule has 1 amide bonds. The zero-order valence-electron chi connectivity index (χ0n) is 15.7. The molecule has 0 saturated heterocycles.